The molecule has 0 spiro atoms. The van der Waals surface area contributed by atoms with Crippen molar-refractivity contribution in [3.05, 3.63) is 89.9 Å². The van der Waals surface area contributed by atoms with Gasteiger partial charge in [0, 0.05) is 50.5 Å². The van der Waals surface area contributed by atoms with Crippen molar-refractivity contribution in [2.75, 3.05) is 50.7 Å². The predicted molar refractivity (Wildman–Crippen MR) is 151 cm³/mol. The third-order valence-corrected chi connectivity index (χ3v) is 7.13. The molecule has 0 bridgehead atoms. The second-order valence-corrected chi connectivity index (χ2v) is 10.0. The van der Waals surface area contributed by atoms with Crippen molar-refractivity contribution in [2.24, 2.45) is 0 Å². The molecule has 2 N–H and O–H groups in total. The standard InChI is InChI=1S/C30H33N5O6/c31-28(32-29(37)26-7-4-18-39-26)23-8-10-24(11-9-23)35-20-25(41-30(35)38)19-34-16-14-33(15-17-34)13-12-27(36)40-21-22-5-2-1-3-6-22/h1-11,18,25H,12-17,19-21H2,(H2,31,32,37). The first-order chi connectivity index (χ1) is 19.9. The van der Waals surface area contributed by atoms with Gasteiger partial charge in [-0.2, -0.15) is 0 Å². The number of furan rings is 1. The lowest BCUT2D eigenvalue weighted by Crippen LogP contribution is -2.49. The van der Waals surface area contributed by atoms with Crippen LogP contribution in [0.15, 0.2) is 77.4 Å². The summed E-state index contributed by atoms with van der Waals surface area (Å²) in [6.45, 7) is 5.34. The number of amidine groups is 1. The number of hydrogen-bond donors (Lipinski definition) is 2. The summed E-state index contributed by atoms with van der Waals surface area (Å²) in [5.74, 6) is -0.643. The van der Waals surface area contributed by atoms with Gasteiger partial charge in [-0.15, -0.1) is 0 Å². The van der Waals surface area contributed by atoms with Gasteiger partial charge in [-0.3, -0.25) is 24.8 Å². The fourth-order valence-corrected chi connectivity index (χ4v) is 4.83. The number of benzene rings is 2. The average molecular weight is 560 g/mol. The van der Waals surface area contributed by atoms with E-state index in [2.05, 4.69) is 15.1 Å². The quantitative estimate of drug-likeness (QED) is 0.220. The van der Waals surface area contributed by atoms with Crippen LogP contribution in [0, 0.1) is 5.41 Å². The maximum atomic E-state index is 12.6. The summed E-state index contributed by atoms with van der Waals surface area (Å²) >= 11 is 0. The maximum Gasteiger partial charge on any atom is 0.414 e. The second kappa shape index (κ2) is 13.2. The highest BCUT2D eigenvalue weighted by Gasteiger charge is 2.34. The molecule has 0 radical (unpaired) electrons. The smallest absolute Gasteiger partial charge is 0.414 e. The van der Waals surface area contributed by atoms with Gasteiger partial charge in [0.05, 0.1) is 19.2 Å². The summed E-state index contributed by atoms with van der Waals surface area (Å²) < 4.78 is 16.1. The van der Waals surface area contributed by atoms with E-state index in [4.69, 9.17) is 19.3 Å². The van der Waals surface area contributed by atoms with Crippen LogP contribution in [-0.2, 0) is 20.9 Å². The maximum absolute atomic E-state index is 12.6. The molecule has 2 aliphatic rings. The normalized spacial score (nSPS) is 17.7. The fraction of sp³-hybridized carbons (Fsp3) is 0.333. The molecule has 2 aliphatic heterocycles. The van der Waals surface area contributed by atoms with Crippen LogP contribution in [0.25, 0.3) is 0 Å². The Bertz CT molecular complexity index is 1340. The minimum absolute atomic E-state index is 0.0666. The lowest BCUT2D eigenvalue weighted by atomic mass is 10.1. The molecule has 2 saturated heterocycles. The van der Waals surface area contributed by atoms with E-state index in [-0.39, 0.29) is 23.7 Å². The van der Waals surface area contributed by atoms with Gasteiger partial charge >= 0.3 is 12.1 Å². The highest BCUT2D eigenvalue weighted by atomic mass is 16.6. The van der Waals surface area contributed by atoms with Gasteiger partial charge in [0.2, 0.25) is 0 Å². The number of carbonyl (C=O) groups is 3. The molecule has 1 unspecified atom stereocenters. The summed E-state index contributed by atoms with van der Waals surface area (Å²) in [4.78, 5) is 42.9. The second-order valence-electron chi connectivity index (χ2n) is 10.0. The Hall–Kier alpha value is -4.48. The molecule has 214 valence electrons. The first kappa shape index (κ1) is 28.1. The number of anilines is 1. The van der Waals surface area contributed by atoms with Crippen LogP contribution < -0.4 is 10.2 Å². The van der Waals surface area contributed by atoms with Crippen LogP contribution in [0.4, 0.5) is 10.5 Å². The third-order valence-electron chi connectivity index (χ3n) is 7.13. The minimum Gasteiger partial charge on any atom is -0.461 e. The number of hydrogen-bond acceptors (Lipinski definition) is 9. The van der Waals surface area contributed by atoms with E-state index in [0.29, 0.717) is 43.9 Å². The van der Waals surface area contributed by atoms with Crippen molar-refractivity contribution in [1.82, 2.24) is 15.1 Å². The van der Waals surface area contributed by atoms with Gasteiger partial charge in [-0.25, -0.2) is 4.79 Å². The van der Waals surface area contributed by atoms with Crippen LogP contribution >= 0.6 is 0 Å². The molecule has 2 fully saturated rings. The van der Waals surface area contributed by atoms with Crippen LogP contribution in [0.5, 0.6) is 0 Å². The summed E-state index contributed by atoms with van der Waals surface area (Å²) in [7, 11) is 0. The summed E-state index contributed by atoms with van der Waals surface area (Å²) in [6, 6.07) is 19.6. The Balaban J connectivity index is 1.02. The number of amides is 2. The highest BCUT2D eigenvalue weighted by molar-refractivity contribution is 6.10. The Morgan fingerprint density at radius 3 is 2.39 bits per heavy atom. The van der Waals surface area contributed by atoms with E-state index < -0.39 is 12.0 Å². The van der Waals surface area contributed by atoms with Crippen molar-refractivity contribution < 1.29 is 28.3 Å². The number of ether oxygens (including phenoxy) is 2. The molecule has 0 saturated carbocycles. The van der Waals surface area contributed by atoms with Crippen LogP contribution in [0.2, 0.25) is 0 Å². The van der Waals surface area contributed by atoms with Gasteiger partial charge < -0.3 is 24.1 Å². The first-order valence-corrected chi connectivity index (χ1v) is 13.6. The van der Waals surface area contributed by atoms with Gasteiger partial charge in [0.1, 0.15) is 18.5 Å². The lowest BCUT2D eigenvalue weighted by molar-refractivity contribution is -0.145. The van der Waals surface area contributed by atoms with Crippen molar-refractivity contribution in [2.45, 2.75) is 19.1 Å². The molecular formula is C30H33N5O6. The Kier molecular flexibility index (Phi) is 9.07. The van der Waals surface area contributed by atoms with Crippen molar-refractivity contribution in [1.29, 1.82) is 5.41 Å². The lowest BCUT2D eigenvalue weighted by Gasteiger charge is -2.35. The van der Waals surface area contributed by atoms with E-state index in [1.165, 1.54) is 12.3 Å². The van der Waals surface area contributed by atoms with Gasteiger partial charge in [0.25, 0.3) is 5.91 Å². The monoisotopic (exact) mass is 559 g/mol. The molecular weight excluding hydrogens is 526 g/mol. The topological polar surface area (TPSA) is 128 Å². The fourth-order valence-electron chi connectivity index (χ4n) is 4.83. The number of nitrogens with zero attached hydrogens (tertiary/aromatic N) is 3. The molecule has 1 atom stereocenters. The van der Waals surface area contributed by atoms with Crippen molar-refractivity contribution in [3.63, 3.8) is 0 Å². The Morgan fingerprint density at radius 1 is 0.951 bits per heavy atom. The Morgan fingerprint density at radius 2 is 1.68 bits per heavy atom. The van der Waals surface area contributed by atoms with E-state index in [1.54, 1.807) is 35.2 Å². The molecule has 11 nitrogen and oxygen atoms in total. The zero-order chi connectivity index (χ0) is 28.6. The predicted octanol–water partition coefficient (Wildman–Crippen LogP) is 3.11. The zero-order valence-electron chi connectivity index (χ0n) is 22.7. The number of rotatable bonds is 10. The number of piperazine rings is 1. The molecule has 3 heterocycles. The van der Waals surface area contributed by atoms with Gasteiger partial charge in [0.15, 0.2) is 5.76 Å². The molecule has 5 rings (SSSR count). The molecule has 1 aromatic heterocycles. The van der Waals surface area contributed by atoms with Gasteiger partial charge in [-0.05, 0) is 42.0 Å². The molecule has 0 aliphatic carbocycles. The summed E-state index contributed by atoms with van der Waals surface area (Å²) in [5.41, 5.74) is 2.14. The van der Waals surface area contributed by atoms with E-state index in [9.17, 15) is 14.4 Å². The average Bonchev–Trinajstić information content (AvgIpc) is 3.66. The van der Waals surface area contributed by atoms with Crippen LogP contribution in [-0.4, -0.2) is 85.5 Å². The largest absolute Gasteiger partial charge is 0.461 e. The van der Waals surface area contributed by atoms with E-state index in [1.807, 2.05) is 30.3 Å². The van der Waals surface area contributed by atoms with Crippen molar-refractivity contribution in [3.8, 4) is 0 Å². The molecule has 41 heavy (non-hydrogen) atoms. The molecule has 3 aromatic rings. The third kappa shape index (κ3) is 7.59. The van der Waals surface area contributed by atoms with Crippen LogP contribution in [0.3, 0.4) is 0 Å². The molecule has 2 amide bonds. The SMILES string of the molecule is N=C(NC(=O)c1ccco1)c1ccc(N2CC(CN3CCN(CCC(=O)OCc4ccccc4)CC3)OC2=O)cc1. The minimum atomic E-state index is -0.503. The molecule has 2 aromatic carbocycles. The summed E-state index contributed by atoms with van der Waals surface area (Å²) in [6.07, 6.45) is 1.09. The van der Waals surface area contributed by atoms with Crippen LogP contribution in [0.1, 0.15) is 28.1 Å². The summed E-state index contributed by atoms with van der Waals surface area (Å²) in [5, 5.41) is 10.6. The van der Waals surface area contributed by atoms with E-state index in [0.717, 1.165) is 31.7 Å². The van der Waals surface area contributed by atoms with E-state index >= 15 is 0 Å². The van der Waals surface area contributed by atoms with Crippen molar-refractivity contribution >= 4 is 29.5 Å². The first-order valence-electron chi connectivity index (χ1n) is 13.6. The van der Waals surface area contributed by atoms with Gasteiger partial charge in [-0.1, -0.05) is 30.3 Å². The molecule has 11 heteroatoms. The number of esters is 1. The highest BCUT2D eigenvalue weighted by Crippen LogP contribution is 2.23. The number of carbonyl (C=O) groups excluding carboxylic acids is 3. The Labute approximate surface area is 238 Å². The zero-order valence-corrected chi connectivity index (χ0v) is 22.7. The number of nitrogens with one attached hydrogen (secondary N) is 2. The number of cyclic esters (lactones) is 1.